The van der Waals surface area contributed by atoms with Gasteiger partial charge in [0.05, 0.1) is 18.8 Å². The lowest BCUT2D eigenvalue weighted by molar-refractivity contribution is -0.0229. The number of morpholine rings is 1. The van der Waals surface area contributed by atoms with Crippen LogP contribution in [-0.4, -0.2) is 61.0 Å². The highest BCUT2D eigenvalue weighted by molar-refractivity contribution is 5.23. The van der Waals surface area contributed by atoms with Crippen molar-refractivity contribution in [3.05, 3.63) is 35.9 Å². The van der Waals surface area contributed by atoms with Crippen LogP contribution in [0.5, 0.6) is 0 Å². The van der Waals surface area contributed by atoms with Crippen molar-refractivity contribution in [1.29, 1.82) is 0 Å². The van der Waals surface area contributed by atoms with Gasteiger partial charge in [-0.25, -0.2) is 0 Å². The van der Waals surface area contributed by atoms with Crippen LogP contribution < -0.4 is 5.32 Å². The highest BCUT2D eigenvalue weighted by Crippen LogP contribution is 2.28. The Kier molecular flexibility index (Phi) is 6.81. The van der Waals surface area contributed by atoms with Gasteiger partial charge in [0, 0.05) is 32.2 Å². The molecule has 0 saturated carbocycles. The van der Waals surface area contributed by atoms with Gasteiger partial charge < -0.3 is 15.2 Å². The summed E-state index contributed by atoms with van der Waals surface area (Å²) in [5, 5.41) is 14.2. The van der Waals surface area contributed by atoms with E-state index in [2.05, 4.69) is 61.3 Å². The third kappa shape index (κ3) is 6.17. The van der Waals surface area contributed by atoms with E-state index in [0.717, 1.165) is 32.7 Å². The summed E-state index contributed by atoms with van der Waals surface area (Å²) in [5.74, 6) is 0. The molecular weight excluding hydrogens is 300 g/mol. The zero-order valence-electron chi connectivity index (χ0n) is 15.7. The van der Waals surface area contributed by atoms with Crippen LogP contribution >= 0.6 is 0 Å². The lowest BCUT2D eigenvalue weighted by atomic mass is 9.79. The third-order valence-electron chi connectivity index (χ3n) is 4.87. The molecule has 1 fully saturated rings. The Hall–Kier alpha value is -0.940. The van der Waals surface area contributed by atoms with Crippen molar-refractivity contribution in [2.75, 3.05) is 39.4 Å². The summed E-state index contributed by atoms with van der Waals surface area (Å²) in [6.07, 6.45) is 1.03. The van der Waals surface area contributed by atoms with E-state index in [1.807, 2.05) is 6.92 Å². The van der Waals surface area contributed by atoms with Gasteiger partial charge in [-0.1, -0.05) is 44.2 Å². The van der Waals surface area contributed by atoms with Gasteiger partial charge in [-0.2, -0.15) is 0 Å². The Morgan fingerprint density at radius 1 is 1.17 bits per heavy atom. The first-order valence-electron chi connectivity index (χ1n) is 9.10. The number of hydrogen-bond acceptors (Lipinski definition) is 4. The summed E-state index contributed by atoms with van der Waals surface area (Å²) in [4.78, 5) is 2.28. The third-order valence-corrected chi connectivity index (χ3v) is 4.87. The minimum absolute atomic E-state index is 0.115. The summed E-state index contributed by atoms with van der Waals surface area (Å²) in [7, 11) is 0. The van der Waals surface area contributed by atoms with Crippen molar-refractivity contribution in [2.45, 2.75) is 51.2 Å². The Morgan fingerprint density at radius 3 is 2.42 bits per heavy atom. The lowest BCUT2D eigenvalue weighted by Gasteiger charge is -2.35. The Balaban J connectivity index is 1.80. The van der Waals surface area contributed by atoms with E-state index in [9.17, 15) is 5.11 Å². The zero-order valence-corrected chi connectivity index (χ0v) is 15.7. The molecule has 1 aliphatic rings. The molecule has 1 aromatic carbocycles. The normalized spacial score (nSPS) is 20.5. The number of ether oxygens (including phenoxy) is 1. The van der Waals surface area contributed by atoms with Gasteiger partial charge in [0.1, 0.15) is 0 Å². The molecular formula is C20H34N2O2. The van der Waals surface area contributed by atoms with Crippen molar-refractivity contribution < 1.29 is 9.84 Å². The van der Waals surface area contributed by atoms with E-state index < -0.39 is 5.60 Å². The van der Waals surface area contributed by atoms with Crippen LogP contribution in [0.15, 0.2) is 30.3 Å². The topological polar surface area (TPSA) is 44.7 Å². The molecule has 0 aromatic heterocycles. The van der Waals surface area contributed by atoms with Crippen molar-refractivity contribution >= 4 is 0 Å². The summed E-state index contributed by atoms with van der Waals surface area (Å²) < 4.78 is 5.37. The first kappa shape index (κ1) is 19.4. The van der Waals surface area contributed by atoms with Crippen molar-refractivity contribution in [1.82, 2.24) is 10.2 Å². The molecule has 2 N–H and O–H groups in total. The molecule has 0 amide bonds. The first-order valence-corrected chi connectivity index (χ1v) is 9.10. The molecule has 4 heteroatoms. The molecule has 2 atom stereocenters. The van der Waals surface area contributed by atoms with Crippen molar-refractivity contribution in [3.63, 3.8) is 0 Å². The molecule has 2 rings (SSSR count). The largest absolute Gasteiger partial charge is 0.388 e. The summed E-state index contributed by atoms with van der Waals surface area (Å²) in [5.41, 5.74) is 0.755. The van der Waals surface area contributed by atoms with E-state index >= 15 is 0 Å². The predicted octanol–water partition coefficient (Wildman–Crippen LogP) is 2.42. The number of hydrogen-bond donors (Lipinski definition) is 2. The zero-order chi connectivity index (χ0) is 17.6. The standard InChI is InChI=1S/C20H34N2O2/c1-17(14-19(2,3)18-8-6-5-7-9-18)21-15-20(4,23)16-22-10-12-24-13-11-22/h5-9,17,21,23H,10-16H2,1-4H3. The highest BCUT2D eigenvalue weighted by Gasteiger charge is 2.27. The number of nitrogens with one attached hydrogen (secondary N) is 1. The molecule has 0 aliphatic carbocycles. The van der Waals surface area contributed by atoms with Crippen molar-refractivity contribution in [2.24, 2.45) is 0 Å². The summed E-state index contributed by atoms with van der Waals surface area (Å²) >= 11 is 0. The quantitative estimate of drug-likeness (QED) is 0.766. The lowest BCUT2D eigenvalue weighted by Crippen LogP contribution is -2.52. The smallest absolute Gasteiger partial charge is 0.0869 e. The fourth-order valence-corrected chi connectivity index (χ4v) is 3.54. The van der Waals surface area contributed by atoms with Gasteiger partial charge in [-0.05, 0) is 31.2 Å². The molecule has 1 aliphatic heterocycles. The van der Waals surface area contributed by atoms with Crippen LogP contribution in [0.3, 0.4) is 0 Å². The number of aliphatic hydroxyl groups is 1. The fraction of sp³-hybridized carbons (Fsp3) is 0.700. The molecule has 1 aromatic rings. The fourth-order valence-electron chi connectivity index (χ4n) is 3.54. The van der Waals surface area contributed by atoms with Crippen LogP contribution in [0.1, 0.15) is 39.7 Å². The Bertz CT molecular complexity index is 482. The van der Waals surface area contributed by atoms with E-state index in [1.54, 1.807) is 0 Å². The SMILES string of the molecule is CC(CC(C)(C)c1ccccc1)NCC(C)(O)CN1CCOCC1. The van der Waals surface area contributed by atoms with Crippen LogP contribution in [-0.2, 0) is 10.2 Å². The second-order valence-electron chi connectivity index (χ2n) is 8.12. The Labute approximate surface area is 147 Å². The predicted molar refractivity (Wildman–Crippen MR) is 99.4 cm³/mol. The molecule has 1 heterocycles. The molecule has 4 nitrogen and oxygen atoms in total. The number of benzene rings is 1. The maximum Gasteiger partial charge on any atom is 0.0869 e. The molecule has 24 heavy (non-hydrogen) atoms. The summed E-state index contributed by atoms with van der Waals surface area (Å²) in [6.45, 7) is 13.4. The van der Waals surface area contributed by atoms with Gasteiger partial charge in [0.2, 0.25) is 0 Å². The minimum Gasteiger partial charge on any atom is -0.388 e. The van der Waals surface area contributed by atoms with Gasteiger partial charge in [0.25, 0.3) is 0 Å². The van der Waals surface area contributed by atoms with Crippen molar-refractivity contribution in [3.8, 4) is 0 Å². The first-order chi connectivity index (χ1) is 11.3. The maximum atomic E-state index is 10.7. The van der Waals surface area contributed by atoms with Crippen LogP contribution in [0.2, 0.25) is 0 Å². The number of nitrogens with zero attached hydrogens (tertiary/aromatic N) is 1. The van der Waals surface area contributed by atoms with Gasteiger partial charge >= 0.3 is 0 Å². The van der Waals surface area contributed by atoms with E-state index in [0.29, 0.717) is 19.1 Å². The molecule has 0 bridgehead atoms. The maximum absolute atomic E-state index is 10.7. The van der Waals surface area contributed by atoms with Gasteiger partial charge in [0.15, 0.2) is 0 Å². The van der Waals surface area contributed by atoms with Crippen LogP contribution in [0.25, 0.3) is 0 Å². The van der Waals surface area contributed by atoms with E-state index in [-0.39, 0.29) is 5.41 Å². The molecule has 0 spiro atoms. The molecule has 136 valence electrons. The van der Waals surface area contributed by atoms with Crippen LogP contribution in [0, 0.1) is 0 Å². The van der Waals surface area contributed by atoms with Gasteiger partial charge in [-0.15, -0.1) is 0 Å². The number of rotatable bonds is 8. The average Bonchev–Trinajstić information content (AvgIpc) is 2.54. The van der Waals surface area contributed by atoms with E-state index in [1.165, 1.54) is 5.56 Å². The average molecular weight is 335 g/mol. The monoisotopic (exact) mass is 334 g/mol. The molecule has 2 unspecified atom stereocenters. The molecule has 0 radical (unpaired) electrons. The molecule has 1 saturated heterocycles. The van der Waals surface area contributed by atoms with Gasteiger partial charge in [-0.3, -0.25) is 4.90 Å². The number of β-amino-alcohol motifs (C(OH)–C–C–N with tert-alkyl or cyclic N) is 1. The second kappa shape index (κ2) is 8.43. The van der Waals surface area contributed by atoms with E-state index in [4.69, 9.17) is 4.74 Å². The van der Waals surface area contributed by atoms with Crippen LogP contribution in [0.4, 0.5) is 0 Å². The second-order valence-corrected chi connectivity index (χ2v) is 8.12. The Morgan fingerprint density at radius 2 is 1.79 bits per heavy atom. The highest BCUT2D eigenvalue weighted by atomic mass is 16.5. The minimum atomic E-state index is -0.720. The summed E-state index contributed by atoms with van der Waals surface area (Å²) in [6, 6.07) is 11.0.